The monoisotopic (exact) mass is 310 g/mol. The van der Waals surface area contributed by atoms with Gasteiger partial charge in [0.1, 0.15) is 25.2 Å². The summed E-state index contributed by atoms with van der Waals surface area (Å²) in [6, 6.07) is 3.32. The summed E-state index contributed by atoms with van der Waals surface area (Å²) in [7, 11) is 1.59. The molecule has 1 fully saturated rings. The molecule has 2 rings (SSSR count). The largest absolute Gasteiger partial charge is 0.508 e. The number of anilines is 1. The Morgan fingerprint density at radius 1 is 1.36 bits per heavy atom. The zero-order valence-electron chi connectivity index (χ0n) is 12.5. The first kappa shape index (κ1) is 16.0. The summed E-state index contributed by atoms with van der Waals surface area (Å²) in [6.07, 6.45) is 0.725. The smallest absolute Gasteiger partial charge is 0.475 e. The van der Waals surface area contributed by atoms with Crippen LogP contribution in [0.1, 0.15) is 6.92 Å². The molecule has 0 radical (unpaired) electrons. The number of carbonyl (C=O) groups excluding carboxylic acids is 2. The second kappa shape index (κ2) is 7.08. The summed E-state index contributed by atoms with van der Waals surface area (Å²) in [5.74, 6) is 0.131. The van der Waals surface area contributed by atoms with Crippen molar-refractivity contribution >= 4 is 17.7 Å². The molecule has 1 aliphatic heterocycles. The molecule has 0 aromatic carbocycles. The van der Waals surface area contributed by atoms with Crippen LogP contribution in [0.5, 0.6) is 5.88 Å². The van der Waals surface area contributed by atoms with Crippen molar-refractivity contribution in [3.63, 3.8) is 0 Å². The predicted octanol–water partition coefficient (Wildman–Crippen LogP) is 1.22. The van der Waals surface area contributed by atoms with Crippen LogP contribution in [0.3, 0.4) is 0 Å². The molecule has 0 saturated carbocycles. The summed E-state index contributed by atoms with van der Waals surface area (Å²) in [6.45, 7) is 2.48. The number of amides is 1. The Morgan fingerprint density at radius 2 is 2.09 bits per heavy atom. The lowest BCUT2D eigenvalue weighted by atomic mass is 9.91. The highest BCUT2D eigenvalue weighted by Crippen LogP contribution is 2.24. The van der Waals surface area contributed by atoms with Gasteiger partial charge in [0, 0.05) is 13.2 Å². The van der Waals surface area contributed by atoms with Crippen LogP contribution in [-0.4, -0.2) is 50.6 Å². The van der Waals surface area contributed by atoms with Gasteiger partial charge in [-0.15, -0.1) is 0 Å². The Bertz CT molecular complexity index is 521. The summed E-state index contributed by atoms with van der Waals surface area (Å²) >= 11 is 0. The quantitative estimate of drug-likeness (QED) is 0.623. The number of methoxy groups -OCH3 is 1. The third-order valence-electron chi connectivity index (χ3n) is 3.10. The van der Waals surface area contributed by atoms with E-state index < -0.39 is 11.6 Å². The molecular formula is C14H18N2O6. The molecule has 0 aliphatic carbocycles. The zero-order chi connectivity index (χ0) is 16.0. The van der Waals surface area contributed by atoms with Crippen LogP contribution in [-0.2, 0) is 19.0 Å². The molecule has 1 aromatic heterocycles. The molecule has 0 unspecified atom stereocenters. The van der Waals surface area contributed by atoms with Gasteiger partial charge in [-0.2, -0.15) is 0 Å². The van der Waals surface area contributed by atoms with Gasteiger partial charge < -0.3 is 24.3 Å². The summed E-state index contributed by atoms with van der Waals surface area (Å²) in [4.78, 5) is 27.2. The van der Waals surface area contributed by atoms with Crippen LogP contribution in [0.4, 0.5) is 10.5 Å². The fourth-order valence-corrected chi connectivity index (χ4v) is 1.70. The van der Waals surface area contributed by atoms with Crippen molar-refractivity contribution in [3.05, 3.63) is 18.3 Å². The number of nitrogens with one attached hydrogen (secondary N) is 1. The number of aromatic nitrogens is 1. The van der Waals surface area contributed by atoms with Gasteiger partial charge in [-0.3, -0.25) is 4.79 Å². The third-order valence-corrected chi connectivity index (χ3v) is 3.10. The highest BCUT2D eigenvalue weighted by atomic mass is 16.7. The molecule has 120 valence electrons. The number of cyclic esters (lactones) is 2. The van der Waals surface area contributed by atoms with Crippen LogP contribution in [0, 0.1) is 5.41 Å². The SMILES string of the molecule is COCCOc1ccc(NC(=O)C2(C)COC(=O)OC2)cn1. The topological polar surface area (TPSA) is 96.0 Å². The van der Waals surface area contributed by atoms with E-state index in [9.17, 15) is 9.59 Å². The number of hydrogen-bond donors (Lipinski definition) is 1. The molecule has 0 bridgehead atoms. The van der Waals surface area contributed by atoms with E-state index in [1.807, 2.05) is 0 Å². The van der Waals surface area contributed by atoms with Crippen molar-refractivity contribution in [3.8, 4) is 5.88 Å². The molecule has 0 spiro atoms. The molecule has 1 amide bonds. The number of ether oxygens (including phenoxy) is 4. The Balaban J connectivity index is 1.90. The van der Waals surface area contributed by atoms with E-state index in [0.29, 0.717) is 24.8 Å². The molecule has 1 N–H and O–H groups in total. The Hall–Kier alpha value is -2.35. The van der Waals surface area contributed by atoms with Crippen molar-refractivity contribution in [2.24, 2.45) is 5.41 Å². The minimum atomic E-state index is -0.929. The highest BCUT2D eigenvalue weighted by Gasteiger charge is 2.40. The number of hydrogen-bond acceptors (Lipinski definition) is 7. The Labute approximate surface area is 127 Å². The fourth-order valence-electron chi connectivity index (χ4n) is 1.70. The van der Waals surface area contributed by atoms with Gasteiger partial charge in [0.2, 0.25) is 11.8 Å². The van der Waals surface area contributed by atoms with Crippen molar-refractivity contribution in [1.82, 2.24) is 4.98 Å². The van der Waals surface area contributed by atoms with Crippen LogP contribution in [0.2, 0.25) is 0 Å². The number of pyridine rings is 1. The number of rotatable bonds is 6. The van der Waals surface area contributed by atoms with Gasteiger partial charge in [-0.25, -0.2) is 9.78 Å². The van der Waals surface area contributed by atoms with E-state index in [-0.39, 0.29) is 19.1 Å². The number of carbonyl (C=O) groups is 2. The first-order chi connectivity index (χ1) is 10.5. The van der Waals surface area contributed by atoms with E-state index in [4.69, 9.17) is 18.9 Å². The van der Waals surface area contributed by atoms with E-state index in [2.05, 4.69) is 10.3 Å². The van der Waals surface area contributed by atoms with Crippen molar-refractivity contribution in [2.45, 2.75) is 6.92 Å². The van der Waals surface area contributed by atoms with Crippen LogP contribution in [0.15, 0.2) is 18.3 Å². The average Bonchev–Trinajstić information content (AvgIpc) is 2.52. The van der Waals surface area contributed by atoms with Gasteiger partial charge in [0.25, 0.3) is 0 Å². The lowest BCUT2D eigenvalue weighted by Gasteiger charge is -2.30. The van der Waals surface area contributed by atoms with Crippen LogP contribution >= 0.6 is 0 Å². The number of nitrogens with zero attached hydrogens (tertiary/aromatic N) is 1. The molecule has 1 aliphatic rings. The molecular weight excluding hydrogens is 292 g/mol. The van der Waals surface area contributed by atoms with Crippen molar-refractivity contribution < 1.29 is 28.5 Å². The molecule has 8 nitrogen and oxygen atoms in total. The standard InChI is InChI=1S/C14H18N2O6/c1-14(8-21-13(18)22-9-14)12(17)16-10-3-4-11(15-7-10)20-6-5-19-2/h3-4,7H,5-6,8-9H2,1-2H3,(H,16,17). The first-order valence-electron chi connectivity index (χ1n) is 6.72. The summed E-state index contributed by atoms with van der Waals surface area (Å²) in [5, 5.41) is 2.71. The lowest BCUT2D eigenvalue weighted by molar-refractivity contribution is -0.135. The predicted molar refractivity (Wildman–Crippen MR) is 75.6 cm³/mol. The summed E-state index contributed by atoms with van der Waals surface area (Å²) in [5.41, 5.74) is -0.413. The van der Waals surface area contributed by atoms with Gasteiger partial charge in [-0.05, 0) is 13.0 Å². The first-order valence-corrected chi connectivity index (χ1v) is 6.72. The molecule has 1 aromatic rings. The van der Waals surface area contributed by atoms with E-state index >= 15 is 0 Å². The zero-order valence-corrected chi connectivity index (χ0v) is 12.5. The molecule has 1 saturated heterocycles. The highest BCUT2D eigenvalue weighted by molar-refractivity contribution is 5.95. The van der Waals surface area contributed by atoms with Gasteiger partial charge >= 0.3 is 6.16 Å². The second-order valence-electron chi connectivity index (χ2n) is 5.07. The third kappa shape index (κ3) is 4.08. The normalized spacial score (nSPS) is 16.4. The van der Waals surface area contributed by atoms with E-state index in [1.54, 1.807) is 26.2 Å². The lowest BCUT2D eigenvalue weighted by Crippen LogP contribution is -2.46. The molecule has 0 atom stereocenters. The Morgan fingerprint density at radius 3 is 2.68 bits per heavy atom. The van der Waals surface area contributed by atoms with Gasteiger partial charge in [-0.1, -0.05) is 0 Å². The van der Waals surface area contributed by atoms with Crippen LogP contribution in [0.25, 0.3) is 0 Å². The molecule has 8 heteroatoms. The maximum absolute atomic E-state index is 12.2. The van der Waals surface area contributed by atoms with E-state index in [1.165, 1.54) is 6.20 Å². The maximum atomic E-state index is 12.2. The minimum absolute atomic E-state index is 0.0245. The second-order valence-corrected chi connectivity index (χ2v) is 5.07. The Kier molecular flexibility index (Phi) is 5.16. The minimum Gasteiger partial charge on any atom is -0.475 e. The molecule has 22 heavy (non-hydrogen) atoms. The van der Waals surface area contributed by atoms with Gasteiger partial charge in [0.05, 0.1) is 18.5 Å². The maximum Gasteiger partial charge on any atom is 0.508 e. The average molecular weight is 310 g/mol. The summed E-state index contributed by atoms with van der Waals surface area (Å²) < 4.78 is 19.7. The molecule has 2 heterocycles. The fraction of sp³-hybridized carbons (Fsp3) is 0.500. The van der Waals surface area contributed by atoms with Crippen molar-refractivity contribution in [2.75, 3.05) is 38.9 Å². The van der Waals surface area contributed by atoms with Crippen LogP contribution < -0.4 is 10.1 Å². The van der Waals surface area contributed by atoms with E-state index in [0.717, 1.165) is 0 Å². The van der Waals surface area contributed by atoms with Gasteiger partial charge in [0.15, 0.2) is 0 Å². The van der Waals surface area contributed by atoms with Crippen molar-refractivity contribution in [1.29, 1.82) is 0 Å².